The van der Waals surface area contributed by atoms with Crippen LogP contribution in [0.15, 0.2) is 24.3 Å². The Labute approximate surface area is 122 Å². The van der Waals surface area contributed by atoms with Crippen LogP contribution in [0.4, 0.5) is 0 Å². The van der Waals surface area contributed by atoms with E-state index < -0.39 is 0 Å². The second-order valence-corrected chi connectivity index (χ2v) is 5.96. The van der Waals surface area contributed by atoms with Gasteiger partial charge >= 0.3 is 0 Å². The van der Waals surface area contributed by atoms with Gasteiger partial charge in [0.15, 0.2) is 0 Å². The quantitative estimate of drug-likeness (QED) is 0.837. The first-order valence-electron chi connectivity index (χ1n) is 7.70. The van der Waals surface area contributed by atoms with Crippen molar-refractivity contribution in [3.8, 4) is 0 Å². The summed E-state index contributed by atoms with van der Waals surface area (Å²) < 4.78 is 0. The van der Waals surface area contributed by atoms with Crippen LogP contribution in [0.3, 0.4) is 0 Å². The smallest absolute Gasteiger partial charge is 0.236 e. The van der Waals surface area contributed by atoms with Crippen molar-refractivity contribution in [2.24, 2.45) is 0 Å². The number of hydrogen-bond acceptors (Lipinski definition) is 2. The molecule has 1 aliphatic rings. The Kier molecular flexibility index (Phi) is 5.18. The van der Waals surface area contributed by atoms with Crippen molar-refractivity contribution < 1.29 is 4.79 Å². The number of rotatable bonds is 6. The fourth-order valence-corrected chi connectivity index (χ4v) is 2.78. The topological polar surface area (TPSA) is 41.1 Å². The van der Waals surface area contributed by atoms with Crippen molar-refractivity contribution >= 4 is 5.91 Å². The van der Waals surface area contributed by atoms with E-state index in [1.54, 1.807) is 0 Å². The molecule has 2 rings (SSSR count). The average Bonchev–Trinajstić information content (AvgIpc) is 2.39. The number of amides is 1. The lowest BCUT2D eigenvalue weighted by molar-refractivity contribution is -0.123. The third kappa shape index (κ3) is 3.83. The van der Waals surface area contributed by atoms with E-state index in [1.807, 2.05) is 6.92 Å². The highest BCUT2D eigenvalue weighted by Crippen LogP contribution is 2.37. The van der Waals surface area contributed by atoms with Gasteiger partial charge in [-0.1, -0.05) is 36.8 Å². The molecule has 0 radical (unpaired) electrons. The Hall–Kier alpha value is -1.35. The van der Waals surface area contributed by atoms with Crippen LogP contribution in [0.5, 0.6) is 0 Å². The van der Waals surface area contributed by atoms with Gasteiger partial charge in [0.2, 0.25) is 5.91 Å². The molecule has 1 amide bonds. The Morgan fingerprint density at radius 3 is 2.80 bits per heavy atom. The predicted octanol–water partition coefficient (Wildman–Crippen LogP) is 2.75. The highest BCUT2D eigenvalue weighted by atomic mass is 16.2. The first-order chi connectivity index (χ1) is 9.60. The van der Waals surface area contributed by atoms with Crippen LogP contribution < -0.4 is 10.6 Å². The summed E-state index contributed by atoms with van der Waals surface area (Å²) in [6.45, 7) is 6.92. The van der Waals surface area contributed by atoms with Gasteiger partial charge in [-0.2, -0.15) is 0 Å². The number of aryl methyl sites for hydroxylation is 1. The highest BCUT2D eigenvalue weighted by Gasteiger charge is 2.31. The van der Waals surface area contributed by atoms with E-state index >= 15 is 0 Å². The maximum Gasteiger partial charge on any atom is 0.236 e. The first kappa shape index (κ1) is 15.0. The lowest BCUT2D eigenvalue weighted by atomic mass is 9.75. The Morgan fingerprint density at radius 2 is 2.15 bits per heavy atom. The molecule has 1 atom stereocenters. The van der Waals surface area contributed by atoms with Crippen molar-refractivity contribution in [2.45, 2.75) is 58.0 Å². The molecule has 1 unspecified atom stereocenters. The summed E-state index contributed by atoms with van der Waals surface area (Å²) >= 11 is 0. The molecule has 1 fully saturated rings. The maximum atomic E-state index is 11.8. The van der Waals surface area contributed by atoms with Crippen LogP contribution >= 0.6 is 0 Å². The monoisotopic (exact) mass is 274 g/mol. The zero-order valence-electron chi connectivity index (χ0n) is 12.8. The largest absolute Gasteiger partial charge is 0.355 e. The van der Waals surface area contributed by atoms with Crippen molar-refractivity contribution in [3.05, 3.63) is 35.4 Å². The molecule has 0 aromatic heterocycles. The molecular formula is C17H26N2O. The number of benzene rings is 1. The van der Waals surface area contributed by atoms with Gasteiger partial charge in [-0.15, -0.1) is 0 Å². The van der Waals surface area contributed by atoms with E-state index in [1.165, 1.54) is 11.1 Å². The lowest BCUT2D eigenvalue weighted by Crippen LogP contribution is -2.50. The van der Waals surface area contributed by atoms with Gasteiger partial charge < -0.3 is 10.6 Å². The maximum absolute atomic E-state index is 11.8. The van der Waals surface area contributed by atoms with E-state index in [9.17, 15) is 4.79 Å². The lowest BCUT2D eigenvalue weighted by Gasteiger charge is -2.38. The van der Waals surface area contributed by atoms with Crippen molar-refractivity contribution in [1.29, 1.82) is 0 Å². The molecule has 110 valence electrons. The molecule has 0 spiro atoms. The van der Waals surface area contributed by atoms with Gasteiger partial charge in [-0.05, 0) is 44.6 Å². The normalized spacial score (nSPS) is 22.9. The van der Waals surface area contributed by atoms with Crippen LogP contribution in [-0.2, 0) is 4.79 Å². The third-order valence-corrected chi connectivity index (χ3v) is 4.08. The molecule has 0 bridgehead atoms. The minimum Gasteiger partial charge on any atom is -0.355 e. The third-order valence-electron chi connectivity index (χ3n) is 4.08. The summed E-state index contributed by atoms with van der Waals surface area (Å²) in [7, 11) is 0. The van der Waals surface area contributed by atoms with E-state index in [4.69, 9.17) is 0 Å². The molecular weight excluding hydrogens is 248 g/mol. The Bertz CT molecular complexity index is 452. The van der Waals surface area contributed by atoms with E-state index in [2.05, 4.69) is 48.7 Å². The molecule has 1 aliphatic carbocycles. The van der Waals surface area contributed by atoms with Crippen molar-refractivity contribution in [2.75, 3.05) is 6.54 Å². The average molecular weight is 274 g/mol. The van der Waals surface area contributed by atoms with Gasteiger partial charge in [0.05, 0.1) is 6.04 Å². The van der Waals surface area contributed by atoms with Gasteiger partial charge in [0.25, 0.3) is 0 Å². The van der Waals surface area contributed by atoms with Gasteiger partial charge in [0, 0.05) is 12.6 Å². The van der Waals surface area contributed by atoms with E-state index in [0.29, 0.717) is 12.0 Å². The zero-order chi connectivity index (χ0) is 14.5. The summed E-state index contributed by atoms with van der Waals surface area (Å²) in [6, 6.07) is 9.14. The summed E-state index contributed by atoms with van der Waals surface area (Å²) in [6.07, 6.45) is 3.25. The fraction of sp³-hybridized carbons (Fsp3) is 0.588. The van der Waals surface area contributed by atoms with Crippen LogP contribution in [0, 0.1) is 6.92 Å². The molecule has 1 saturated carbocycles. The van der Waals surface area contributed by atoms with Crippen molar-refractivity contribution in [3.63, 3.8) is 0 Å². The minimum atomic E-state index is -0.0926. The minimum absolute atomic E-state index is 0.0926. The number of hydrogen-bond donors (Lipinski definition) is 2. The molecule has 0 heterocycles. The van der Waals surface area contributed by atoms with Crippen LogP contribution in [-0.4, -0.2) is 24.5 Å². The number of carbonyl (C=O) groups excluding carboxylic acids is 1. The molecule has 1 aromatic carbocycles. The highest BCUT2D eigenvalue weighted by molar-refractivity contribution is 5.81. The standard InChI is InChI=1S/C17H26N2O/c1-4-8-18-17(20)13(3)19-16-10-15(11-16)14-7-5-6-12(2)9-14/h5-7,9,13,15-16,19H,4,8,10-11H2,1-3H3,(H,18,20). The van der Waals surface area contributed by atoms with Gasteiger partial charge in [0.1, 0.15) is 0 Å². The van der Waals surface area contributed by atoms with Crippen LogP contribution in [0.2, 0.25) is 0 Å². The second kappa shape index (κ2) is 6.89. The number of carbonyl (C=O) groups is 1. The fourth-order valence-electron chi connectivity index (χ4n) is 2.78. The summed E-state index contributed by atoms with van der Waals surface area (Å²) in [5, 5.41) is 6.36. The molecule has 1 aromatic rings. The SMILES string of the molecule is CCCNC(=O)C(C)NC1CC(c2cccc(C)c2)C1. The molecule has 20 heavy (non-hydrogen) atoms. The van der Waals surface area contributed by atoms with Crippen LogP contribution in [0.25, 0.3) is 0 Å². The second-order valence-electron chi connectivity index (χ2n) is 5.96. The van der Waals surface area contributed by atoms with E-state index in [-0.39, 0.29) is 11.9 Å². The van der Waals surface area contributed by atoms with E-state index in [0.717, 1.165) is 25.8 Å². The van der Waals surface area contributed by atoms with Gasteiger partial charge in [-0.25, -0.2) is 0 Å². The summed E-state index contributed by atoms with van der Waals surface area (Å²) in [5.74, 6) is 0.768. The Morgan fingerprint density at radius 1 is 1.40 bits per heavy atom. The van der Waals surface area contributed by atoms with Crippen LogP contribution in [0.1, 0.15) is 50.2 Å². The van der Waals surface area contributed by atoms with Gasteiger partial charge in [-0.3, -0.25) is 4.79 Å². The number of nitrogens with one attached hydrogen (secondary N) is 2. The van der Waals surface area contributed by atoms with Crippen molar-refractivity contribution in [1.82, 2.24) is 10.6 Å². The molecule has 2 N–H and O–H groups in total. The predicted molar refractivity (Wildman–Crippen MR) is 82.8 cm³/mol. The molecule has 3 nitrogen and oxygen atoms in total. The molecule has 0 saturated heterocycles. The molecule has 0 aliphatic heterocycles. The summed E-state index contributed by atoms with van der Waals surface area (Å²) in [5.41, 5.74) is 2.76. The summed E-state index contributed by atoms with van der Waals surface area (Å²) in [4.78, 5) is 11.8. The molecule has 3 heteroatoms. The Balaban J connectivity index is 1.75. The first-order valence-corrected chi connectivity index (χ1v) is 7.70. The zero-order valence-corrected chi connectivity index (χ0v) is 12.8.